The Morgan fingerprint density at radius 1 is 1.05 bits per heavy atom. The molecular weight excluding hydrogens is 248 g/mol. The van der Waals surface area contributed by atoms with E-state index < -0.39 is 5.97 Å². The van der Waals surface area contributed by atoms with Gasteiger partial charge < -0.3 is 5.11 Å². The van der Waals surface area contributed by atoms with Gasteiger partial charge in [-0.15, -0.1) is 0 Å². The maximum atomic E-state index is 10.8. The first-order valence-electron chi connectivity index (χ1n) is 7.95. The lowest BCUT2D eigenvalue weighted by atomic mass is 9.93. The van der Waals surface area contributed by atoms with E-state index in [1.165, 1.54) is 11.1 Å². The normalized spacial score (nSPS) is 12.3. The summed E-state index contributed by atoms with van der Waals surface area (Å²) in [6.07, 6.45) is 7.99. The van der Waals surface area contributed by atoms with Crippen molar-refractivity contribution in [1.82, 2.24) is 0 Å². The van der Waals surface area contributed by atoms with Crippen molar-refractivity contribution in [3.63, 3.8) is 0 Å². The number of hydrogen-bond acceptors (Lipinski definition) is 1. The summed E-state index contributed by atoms with van der Waals surface area (Å²) in [6.45, 7) is 4.30. The average Bonchev–Trinajstić information content (AvgIpc) is 2.44. The van der Waals surface area contributed by atoms with Crippen molar-refractivity contribution in [3.8, 4) is 0 Å². The van der Waals surface area contributed by atoms with Gasteiger partial charge in [-0.25, -0.2) is 0 Å². The van der Waals surface area contributed by atoms with Crippen molar-refractivity contribution in [1.29, 1.82) is 0 Å². The molecule has 1 aromatic rings. The molecule has 0 amide bonds. The number of carboxylic acid groups (broad SMARTS) is 1. The minimum atomic E-state index is -0.654. The predicted octanol–water partition coefficient (Wildman–Crippen LogP) is 4.85. The molecule has 0 aliphatic rings. The smallest absolute Gasteiger partial charge is 0.303 e. The van der Waals surface area contributed by atoms with Crippen LogP contribution in [0.5, 0.6) is 0 Å². The molecule has 0 spiro atoms. The molecular formula is C18H28O2. The first-order valence-corrected chi connectivity index (χ1v) is 7.95. The van der Waals surface area contributed by atoms with Gasteiger partial charge >= 0.3 is 5.97 Å². The van der Waals surface area contributed by atoms with Crippen LogP contribution in [-0.4, -0.2) is 11.1 Å². The summed E-state index contributed by atoms with van der Waals surface area (Å²) in [4.78, 5) is 10.8. The highest BCUT2D eigenvalue weighted by molar-refractivity contribution is 5.66. The molecule has 20 heavy (non-hydrogen) atoms. The van der Waals surface area contributed by atoms with Crippen molar-refractivity contribution in [2.75, 3.05) is 0 Å². The van der Waals surface area contributed by atoms with Crippen molar-refractivity contribution < 1.29 is 9.90 Å². The molecule has 0 fully saturated rings. The maximum absolute atomic E-state index is 10.8. The van der Waals surface area contributed by atoms with Gasteiger partial charge in [0.05, 0.1) is 0 Å². The molecule has 1 unspecified atom stereocenters. The molecule has 0 saturated carbocycles. The third-order valence-corrected chi connectivity index (χ3v) is 3.92. The van der Waals surface area contributed by atoms with Gasteiger partial charge in [0.1, 0.15) is 0 Å². The topological polar surface area (TPSA) is 37.3 Å². The van der Waals surface area contributed by atoms with E-state index in [4.69, 9.17) is 5.11 Å². The van der Waals surface area contributed by atoms with Gasteiger partial charge in [-0.3, -0.25) is 4.79 Å². The Bertz CT molecular complexity index is 381. The van der Waals surface area contributed by atoms with Crippen LogP contribution in [-0.2, 0) is 17.6 Å². The second-order valence-corrected chi connectivity index (χ2v) is 5.67. The highest BCUT2D eigenvalue weighted by Crippen LogP contribution is 2.19. The van der Waals surface area contributed by atoms with Crippen molar-refractivity contribution >= 4 is 5.97 Å². The van der Waals surface area contributed by atoms with Crippen LogP contribution in [0.3, 0.4) is 0 Å². The van der Waals surface area contributed by atoms with Crippen LogP contribution in [0.1, 0.15) is 63.5 Å². The van der Waals surface area contributed by atoms with E-state index in [1.54, 1.807) is 0 Å². The summed E-state index contributed by atoms with van der Waals surface area (Å²) in [5, 5.41) is 8.89. The van der Waals surface area contributed by atoms with Gasteiger partial charge in [0, 0.05) is 6.42 Å². The van der Waals surface area contributed by atoms with Crippen LogP contribution in [0, 0.1) is 5.92 Å². The Morgan fingerprint density at radius 3 is 2.25 bits per heavy atom. The Morgan fingerprint density at radius 2 is 1.70 bits per heavy atom. The van der Waals surface area contributed by atoms with E-state index in [1.807, 2.05) is 0 Å². The van der Waals surface area contributed by atoms with E-state index in [-0.39, 0.29) is 0 Å². The lowest BCUT2D eigenvalue weighted by molar-refractivity contribution is -0.138. The third kappa shape index (κ3) is 6.74. The monoisotopic (exact) mass is 276 g/mol. The number of benzene rings is 1. The van der Waals surface area contributed by atoms with Gasteiger partial charge in [-0.05, 0) is 42.7 Å². The van der Waals surface area contributed by atoms with E-state index in [0.29, 0.717) is 12.3 Å². The SMILES string of the molecule is CCCC(CCCCc1ccc(CC)cc1)CC(=O)O. The van der Waals surface area contributed by atoms with Crippen LogP contribution in [0.2, 0.25) is 0 Å². The summed E-state index contributed by atoms with van der Waals surface area (Å²) in [6, 6.07) is 8.86. The van der Waals surface area contributed by atoms with Gasteiger partial charge in [0.25, 0.3) is 0 Å². The molecule has 2 nitrogen and oxygen atoms in total. The Hall–Kier alpha value is -1.31. The van der Waals surface area contributed by atoms with E-state index in [2.05, 4.69) is 38.1 Å². The minimum absolute atomic E-state index is 0.332. The predicted molar refractivity (Wildman–Crippen MR) is 84.0 cm³/mol. The second-order valence-electron chi connectivity index (χ2n) is 5.67. The minimum Gasteiger partial charge on any atom is -0.481 e. The van der Waals surface area contributed by atoms with E-state index in [0.717, 1.165) is 44.9 Å². The summed E-state index contributed by atoms with van der Waals surface area (Å²) in [5.74, 6) is -0.293. The molecule has 0 bridgehead atoms. The van der Waals surface area contributed by atoms with E-state index >= 15 is 0 Å². The number of aryl methyl sites for hydroxylation is 2. The molecule has 0 radical (unpaired) electrons. The number of aliphatic carboxylic acids is 1. The molecule has 1 atom stereocenters. The standard InChI is InChI=1S/C18H28O2/c1-3-7-17(14-18(19)20)9-6-5-8-16-12-10-15(4-2)11-13-16/h10-13,17H,3-9,14H2,1-2H3,(H,19,20). The third-order valence-electron chi connectivity index (χ3n) is 3.92. The van der Waals surface area contributed by atoms with Crippen molar-refractivity contribution in [3.05, 3.63) is 35.4 Å². The Balaban J connectivity index is 2.26. The Labute approximate surface area is 123 Å². The van der Waals surface area contributed by atoms with Gasteiger partial charge in [-0.1, -0.05) is 57.4 Å². The lowest BCUT2D eigenvalue weighted by Gasteiger charge is -2.13. The molecule has 2 heteroatoms. The van der Waals surface area contributed by atoms with E-state index in [9.17, 15) is 4.79 Å². The molecule has 0 aliphatic heterocycles. The van der Waals surface area contributed by atoms with Gasteiger partial charge in [0.2, 0.25) is 0 Å². The van der Waals surface area contributed by atoms with Crippen LogP contribution in [0.25, 0.3) is 0 Å². The zero-order valence-corrected chi connectivity index (χ0v) is 12.9. The number of carboxylic acids is 1. The molecule has 0 heterocycles. The number of carbonyl (C=O) groups is 1. The molecule has 0 saturated heterocycles. The number of hydrogen-bond donors (Lipinski definition) is 1. The highest BCUT2D eigenvalue weighted by atomic mass is 16.4. The average molecular weight is 276 g/mol. The molecule has 112 valence electrons. The van der Waals surface area contributed by atoms with Crippen LogP contribution >= 0.6 is 0 Å². The fourth-order valence-electron chi connectivity index (χ4n) is 2.71. The quantitative estimate of drug-likeness (QED) is 0.620. The van der Waals surface area contributed by atoms with Crippen LogP contribution < -0.4 is 0 Å². The lowest BCUT2D eigenvalue weighted by Crippen LogP contribution is -2.07. The number of rotatable bonds is 10. The zero-order valence-electron chi connectivity index (χ0n) is 12.9. The fraction of sp³-hybridized carbons (Fsp3) is 0.611. The molecule has 0 aliphatic carbocycles. The first-order chi connectivity index (χ1) is 9.65. The maximum Gasteiger partial charge on any atom is 0.303 e. The summed E-state index contributed by atoms with van der Waals surface area (Å²) < 4.78 is 0. The molecule has 1 aromatic carbocycles. The Kier molecular flexibility index (Phi) is 8.01. The molecule has 0 aromatic heterocycles. The fourth-order valence-corrected chi connectivity index (χ4v) is 2.71. The number of unbranched alkanes of at least 4 members (excludes halogenated alkanes) is 1. The summed E-state index contributed by atoms with van der Waals surface area (Å²) in [5.41, 5.74) is 2.78. The zero-order chi connectivity index (χ0) is 14.8. The summed E-state index contributed by atoms with van der Waals surface area (Å²) >= 11 is 0. The van der Waals surface area contributed by atoms with Crippen LogP contribution in [0.15, 0.2) is 24.3 Å². The van der Waals surface area contributed by atoms with Gasteiger partial charge in [0.15, 0.2) is 0 Å². The highest BCUT2D eigenvalue weighted by Gasteiger charge is 2.11. The first kappa shape index (κ1) is 16.7. The van der Waals surface area contributed by atoms with Crippen molar-refractivity contribution in [2.24, 2.45) is 5.92 Å². The second kappa shape index (κ2) is 9.57. The van der Waals surface area contributed by atoms with Crippen LogP contribution in [0.4, 0.5) is 0 Å². The molecule has 1 N–H and O–H groups in total. The largest absolute Gasteiger partial charge is 0.481 e. The molecule has 1 rings (SSSR count). The van der Waals surface area contributed by atoms with Crippen molar-refractivity contribution in [2.45, 2.75) is 65.2 Å². The van der Waals surface area contributed by atoms with Gasteiger partial charge in [-0.2, -0.15) is 0 Å². The summed E-state index contributed by atoms with van der Waals surface area (Å²) in [7, 11) is 0.